The molecule has 0 N–H and O–H groups in total. The number of benzene rings is 2. The maximum absolute atomic E-state index is 12.5. The molecule has 124 valence electrons. The number of allylic oxidation sites excluding steroid dienone is 1. The Morgan fingerprint density at radius 1 is 1.22 bits per heavy atom. The third-order valence-corrected chi connectivity index (χ3v) is 4.09. The Hall–Kier alpha value is -2.22. The van der Waals surface area contributed by atoms with Gasteiger partial charge in [-0.25, -0.2) is 0 Å². The highest BCUT2D eigenvalue weighted by atomic mass is 32.2. The summed E-state index contributed by atoms with van der Waals surface area (Å²) in [5, 5.41) is 1.23. The summed E-state index contributed by atoms with van der Waals surface area (Å²) in [7, 11) is -4.25. The Morgan fingerprint density at radius 3 is 2.48 bits per heavy atom. The van der Waals surface area contributed by atoms with Crippen LogP contribution >= 0.6 is 0 Å². The van der Waals surface area contributed by atoms with Crippen LogP contribution in [0.1, 0.15) is 5.56 Å². The fourth-order valence-electron chi connectivity index (χ4n) is 2.08. The van der Waals surface area contributed by atoms with Crippen LogP contribution in [0.25, 0.3) is 10.8 Å². The molecule has 0 heterocycles. The van der Waals surface area contributed by atoms with Crippen LogP contribution in [0, 0.1) is 0 Å². The summed E-state index contributed by atoms with van der Waals surface area (Å²) in [6.07, 6.45) is 1.60. The predicted octanol–water partition coefficient (Wildman–Crippen LogP) is 3.81. The number of halogens is 3. The van der Waals surface area contributed by atoms with Crippen LogP contribution in [0.5, 0.6) is 11.5 Å². The van der Waals surface area contributed by atoms with Gasteiger partial charge in [0.25, 0.3) is 0 Å². The first-order valence-corrected chi connectivity index (χ1v) is 7.81. The van der Waals surface area contributed by atoms with Crippen LogP contribution in [0.2, 0.25) is 0 Å². The van der Waals surface area contributed by atoms with Crippen LogP contribution in [-0.4, -0.2) is 21.0 Å². The Balaban J connectivity index is 2.60. The van der Waals surface area contributed by atoms with E-state index in [4.69, 9.17) is 4.74 Å². The van der Waals surface area contributed by atoms with E-state index in [1.54, 1.807) is 18.2 Å². The lowest BCUT2D eigenvalue weighted by Gasteiger charge is -2.14. The molecule has 0 fully saturated rings. The largest absolute Gasteiger partial charge is 0.534 e. The van der Waals surface area contributed by atoms with Gasteiger partial charge >= 0.3 is 15.6 Å². The van der Waals surface area contributed by atoms with E-state index in [9.17, 15) is 21.6 Å². The van der Waals surface area contributed by atoms with Gasteiger partial charge in [-0.2, -0.15) is 21.6 Å². The summed E-state index contributed by atoms with van der Waals surface area (Å²) in [5.74, 6) is 0.193. The molecule has 0 atom stereocenters. The highest BCUT2D eigenvalue weighted by molar-refractivity contribution is 7.88. The first-order chi connectivity index (χ1) is 10.7. The van der Waals surface area contributed by atoms with Crippen molar-refractivity contribution < 1.29 is 30.5 Å². The number of rotatable bonds is 5. The summed E-state index contributed by atoms with van der Waals surface area (Å²) in [6.45, 7) is 3.53. The second-order valence-corrected chi connectivity index (χ2v) is 6.14. The molecule has 2 aromatic carbocycles. The van der Waals surface area contributed by atoms with Crippen LogP contribution in [0.3, 0.4) is 0 Å². The number of alkyl halides is 3. The predicted molar refractivity (Wildman–Crippen MR) is 80.0 cm³/mol. The molecule has 0 radical (unpaired) electrons. The molecule has 2 rings (SSSR count). The zero-order valence-corrected chi connectivity index (χ0v) is 12.9. The SMILES string of the molecule is C=CCc1c(OS(=O)(=O)C(F)(F)F)ccc2cc(OC)ccc12. The van der Waals surface area contributed by atoms with Crippen molar-refractivity contribution >= 4 is 20.9 Å². The first-order valence-electron chi connectivity index (χ1n) is 6.41. The van der Waals surface area contributed by atoms with Crippen molar-refractivity contribution in [1.29, 1.82) is 0 Å². The van der Waals surface area contributed by atoms with Gasteiger partial charge in [0.1, 0.15) is 11.5 Å². The fraction of sp³-hybridized carbons (Fsp3) is 0.200. The molecule has 23 heavy (non-hydrogen) atoms. The monoisotopic (exact) mass is 346 g/mol. The van der Waals surface area contributed by atoms with E-state index in [1.165, 1.54) is 25.3 Å². The topological polar surface area (TPSA) is 52.6 Å². The lowest BCUT2D eigenvalue weighted by Crippen LogP contribution is -2.28. The van der Waals surface area contributed by atoms with E-state index in [1.807, 2.05) is 0 Å². The Labute approximate surface area is 131 Å². The molecule has 2 aromatic rings. The van der Waals surface area contributed by atoms with Gasteiger partial charge in [-0.3, -0.25) is 0 Å². The number of methoxy groups -OCH3 is 1. The second-order valence-electron chi connectivity index (χ2n) is 4.61. The molecule has 0 amide bonds. The van der Waals surface area contributed by atoms with E-state index < -0.39 is 15.6 Å². The molecule has 0 spiro atoms. The van der Waals surface area contributed by atoms with Crippen LogP contribution in [0.4, 0.5) is 13.2 Å². The third-order valence-electron chi connectivity index (χ3n) is 3.13. The minimum absolute atomic E-state index is 0.145. The molecule has 0 aromatic heterocycles. The van der Waals surface area contributed by atoms with Crippen LogP contribution in [-0.2, 0) is 16.5 Å². The fourth-order valence-corrected chi connectivity index (χ4v) is 2.56. The van der Waals surface area contributed by atoms with Gasteiger partial charge in [0.15, 0.2) is 0 Å². The number of ether oxygens (including phenoxy) is 1. The van der Waals surface area contributed by atoms with E-state index in [0.717, 1.165) is 0 Å². The Morgan fingerprint density at radius 2 is 1.91 bits per heavy atom. The average molecular weight is 346 g/mol. The molecular weight excluding hydrogens is 333 g/mol. The summed E-state index contributed by atoms with van der Waals surface area (Å²) in [5.41, 5.74) is -5.19. The van der Waals surface area contributed by atoms with E-state index in [2.05, 4.69) is 10.8 Å². The van der Waals surface area contributed by atoms with Crippen LogP contribution in [0.15, 0.2) is 43.0 Å². The molecule has 0 aliphatic rings. The quantitative estimate of drug-likeness (QED) is 0.469. The molecule has 0 unspecified atom stereocenters. The summed E-state index contributed by atoms with van der Waals surface area (Å²) in [4.78, 5) is 0. The van der Waals surface area contributed by atoms with E-state index in [0.29, 0.717) is 22.1 Å². The van der Waals surface area contributed by atoms with E-state index in [-0.39, 0.29) is 12.2 Å². The van der Waals surface area contributed by atoms with Crippen molar-refractivity contribution in [2.75, 3.05) is 7.11 Å². The van der Waals surface area contributed by atoms with Crippen molar-refractivity contribution in [2.24, 2.45) is 0 Å². The van der Waals surface area contributed by atoms with Gasteiger partial charge in [0.05, 0.1) is 7.11 Å². The zero-order valence-electron chi connectivity index (χ0n) is 12.1. The second kappa shape index (κ2) is 6.11. The van der Waals surface area contributed by atoms with Gasteiger partial charge in [-0.1, -0.05) is 18.2 Å². The summed E-state index contributed by atoms with van der Waals surface area (Å²) in [6, 6.07) is 7.58. The maximum atomic E-state index is 12.5. The Kier molecular flexibility index (Phi) is 4.56. The number of hydrogen-bond acceptors (Lipinski definition) is 4. The van der Waals surface area contributed by atoms with Crippen LogP contribution < -0.4 is 8.92 Å². The number of fused-ring (bicyclic) bond motifs is 1. The first kappa shape index (κ1) is 17.1. The lowest BCUT2D eigenvalue weighted by molar-refractivity contribution is -0.0500. The molecule has 0 aliphatic carbocycles. The minimum Gasteiger partial charge on any atom is -0.497 e. The molecule has 4 nitrogen and oxygen atoms in total. The zero-order chi connectivity index (χ0) is 17.3. The van der Waals surface area contributed by atoms with Crippen molar-refractivity contribution in [3.63, 3.8) is 0 Å². The smallest absolute Gasteiger partial charge is 0.497 e. The Bertz CT molecular complexity index is 842. The van der Waals surface area contributed by atoms with Gasteiger partial charge in [0, 0.05) is 5.56 Å². The average Bonchev–Trinajstić information content (AvgIpc) is 2.47. The molecule has 0 saturated heterocycles. The van der Waals surface area contributed by atoms with Gasteiger partial charge in [-0.15, -0.1) is 6.58 Å². The molecule has 8 heteroatoms. The third kappa shape index (κ3) is 3.42. The van der Waals surface area contributed by atoms with Gasteiger partial charge < -0.3 is 8.92 Å². The molecule has 0 aliphatic heterocycles. The lowest BCUT2D eigenvalue weighted by atomic mass is 10.0. The molecular formula is C15H13F3O4S. The van der Waals surface area contributed by atoms with Gasteiger partial charge in [-0.05, 0) is 35.4 Å². The van der Waals surface area contributed by atoms with Crippen molar-refractivity contribution in [3.8, 4) is 11.5 Å². The molecule has 0 bridgehead atoms. The van der Waals surface area contributed by atoms with Gasteiger partial charge in [0.2, 0.25) is 0 Å². The van der Waals surface area contributed by atoms with E-state index >= 15 is 0 Å². The number of hydrogen-bond donors (Lipinski definition) is 0. The highest BCUT2D eigenvalue weighted by Gasteiger charge is 2.48. The standard InChI is InChI=1S/C15H13F3O4S/c1-3-4-13-12-7-6-11(21-2)9-10(12)5-8-14(13)22-23(19,20)15(16,17)18/h3,5-9H,1,4H2,2H3. The van der Waals surface area contributed by atoms with Crippen molar-refractivity contribution in [3.05, 3.63) is 48.6 Å². The highest BCUT2D eigenvalue weighted by Crippen LogP contribution is 2.34. The van der Waals surface area contributed by atoms with Crippen molar-refractivity contribution in [1.82, 2.24) is 0 Å². The summed E-state index contributed by atoms with van der Waals surface area (Å²) >= 11 is 0. The van der Waals surface area contributed by atoms with Crippen molar-refractivity contribution in [2.45, 2.75) is 11.9 Å². The normalized spacial score (nSPS) is 12.2. The molecule has 0 saturated carbocycles. The maximum Gasteiger partial charge on any atom is 0.534 e. The summed E-state index contributed by atoms with van der Waals surface area (Å²) < 4.78 is 69.3. The minimum atomic E-state index is -5.73.